The lowest BCUT2D eigenvalue weighted by Crippen LogP contribution is -2.60. The molecule has 0 saturated heterocycles. The van der Waals surface area contributed by atoms with Crippen LogP contribution in [-0.4, -0.2) is 23.3 Å². The van der Waals surface area contributed by atoms with Gasteiger partial charge in [0.15, 0.2) is 0 Å². The zero-order valence-electron chi connectivity index (χ0n) is 10.6. The molecule has 2 bridgehead atoms. The van der Waals surface area contributed by atoms with Gasteiger partial charge in [0.05, 0.1) is 17.6 Å². The first-order valence-corrected chi connectivity index (χ1v) is 7.02. The number of aliphatic hydroxyl groups is 1. The van der Waals surface area contributed by atoms with Crippen LogP contribution in [-0.2, 0) is 9.53 Å². The van der Waals surface area contributed by atoms with Gasteiger partial charge in [0.1, 0.15) is 0 Å². The van der Waals surface area contributed by atoms with Crippen molar-refractivity contribution in [3.63, 3.8) is 0 Å². The number of carbonyl (C=O) groups excluding carboxylic acids is 1. The molecule has 3 saturated carbocycles. The summed E-state index contributed by atoms with van der Waals surface area (Å²) >= 11 is 0. The molecule has 3 rings (SSSR count). The van der Waals surface area contributed by atoms with E-state index in [1.807, 2.05) is 6.92 Å². The smallest absolute Gasteiger partial charge is 0.315 e. The van der Waals surface area contributed by atoms with Crippen LogP contribution in [0.3, 0.4) is 0 Å². The number of carbonyl (C=O) groups is 1. The van der Waals surface area contributed by atoms with E-state index in [1.54, 1.807) is 0 Å². The maximum Gasteiger partial charge on any atom is 0.315 e. The lowest BCUT2D eigenvalue weighted by molar-refractivity contribution is -0.201. The van der Waals surface area contributed by atoms with Crippen molar-refractivity contribution in [1.82, 2.24) is 0 Å². The molecular weight excluding hydrogens is 216 g/mol. The van der Waals surface area contributed by atoms with Gasteiger partial charge in [0, 0.05) is 0 Å². The number of fused-ring (bicyclic) bond motifs is 2. The van der Waals surface area contributed by atoms with E-state index in [9.17, 15) is 9.90 Å². The first-order chi connectivity index (χ1) is 8.12. The number of esters is 1. The van der Waals surface area contributed by atoms with Gasteiger partial charge in [0.2, 0.25) is 0 Å². The molecule has 0 aliphatic heterocycles. The van der Waals surface area contributed by atoms with E-state index in [1.165, 1.54) is 6.42 Å². The molecule has 0 radical (unpaired) electrons. The summed E-state index contributed by atoms with van der Waals surface area (Å²) in [6.45, 7) is 2.26. The molecule has 1 N–H and O–H groups in total. The first kappa shape index (κ1) is 11.5. The van der Waals surface area contributed by atoms with Crippen LogP contribution in [0.25, 0.3) is 0 Å². The van der Waals surface area contributed by atoms with E-state index in [0.29, 0.717) is 18.4 Å². The van der Waals surface area contributed by atoms with Crippen LogP contribution in [0.2, 0.25) is 0 Å². The molecule has 0 spiro atoms. The summed E-state index contributed by atoms with van der Waals surface area (Å²) in [5.74, 6) is 0.857. The Morgan fingerprint density at radius 3 is 2.59 bits per heavy atom. The predicted octanol–water partition coefficient (Wildman–Crippen LogP) is 2.27. The van der Waals surface area contributed by atoms with E-state index in [4.69, 9.17) is 4.74 Å². The van der Waals surface area contributed by atoms with Gasteiger partial charge < -0.3 is 9.84 Å². The molecule has 17 heavy (non-hydrogen) atoms. The third kappa shape index (κ3) is 1.35. The van der Waals surface area contributed by atoms with Gasteiger partial charge in [-0.1, -0.05) is 6.42 Å². The van der Waals surface area contributed by atoms with Crippen LogP contribution in [0.15, 0.2) is 0 Å². The molecule has 3 unspecified atom stereocenters. The van der Waals surface area contributed by atoms with Crippen LogP contribution in [0.4, 0.5) is 0 Å². The summed E-state index contributed by atoms with van der Waals surface area (Å²) in [5, 5.41) is 11.0. The van der Waals surface area contributed by atoms with Crippen molar-refractivity contribution in [2.75, 3.05) is 6.61 Å². The first-order valence-electron chi connectivity index (χ1n) is 7.02. The predicted molar refractivity (Wildman–Crippen MR) is 63.3 cm³/mol. The average molecular weight is 238 g/mol. The molecule has 0 heterocycles. The molecule has 96 valence electrons. The highest BCUT2D eigenvalue weighted by atomic mass is 16.5. The molecule has 0 amide bonds. The molecule has 3 heteroatoms. The maximum atomic E-state index is 12.2. The van der Waals surface area contributed by atoms with Crippen LogP contribution in [0, 0.1) is 17.3 Å². The van der Waals surface area contributed by atoms with Crippen molar-refractivity contribution < 1.29 is 14.6 Å². The zero-order chi connectivity index (χ0) is 12.1. The minimum absolute atomic E-state index is 0.138. The van der Waals surface area contributed by atoms with Crippen molar-refractivity contribution in [3.05, 3.63) is 0 Å². The quantitative estimate of drug-likeness (QED) is 0.767. The molecule has 3 atom stereocenters. The number of hydrogen-bond acceptors (Lipinski definition) is 3. The SMILES string of the molecule is CCOC(=O)C1(C2(O)CC3CCC2C3)CCC1. The highest BCUT2D eigenvalue weighted by molar-refractivity contribution is 5.80. The standard InChI is InChI=1S/C14H22O3/c1-2-17-12(15)13(6-3-7-13)14(16)9-10-4-5-11(14)8-10/h10-11,16H,2-9H2,1H3. The minimum Gasteiger partial charge on any atom is -0.465 e. The molecule has 0 aromatic carbocycles. The van der Waals surface area contributed by atoms with Gasteiger partial charge in [-0.15, -0.1) is 0 Å². The highest BCUT2D eigenvalue weighted by Crippen LogP contribution is 2.63. The van der Waals surface area contributed by atoms with Crippen molar-refractivity contribution in [2.24, 2.45) is 17.3 Å². The van der Waals surface area contributed by atoms with Crippen molar-refractivity contribution in [3.8, 4) is 0 Å². The Balaban J connectivity index is 1.87. The Kier molecular flexibility index (Phi) is 2.51. The summed E-state index contributed by atoms with van der Waals surface area (Å²) in [7, 11) is 0. The molecule has 3 aliphatic rings. The minimum atomic E-state index is -0.750. The van der Waals surface area contributed by atoms with E-state index in [-0.39, 0.29) is 5.97 Å². The topological polar surface area (TPSA) is 46.5 Å². The highest BCUT2D eigenvalue weighted by Gasteiger charge is 2.67. The Morgan fingerprint density at radius 1 is 1.41 bits per heavy atom. The van der Waals surface area contributed by atoms with E-state index < -0.39 is 11.0 Å². The molecule has 3 nitrogen and oxygen atoms in total. The van der Waals surface area contributed by atoms with Crippen molar-refractivity contribution >= 4 is 5.97 Å². The summed E-state index contributed by atoms with van der Waals surface area (Å²) < 4.78 is 5.24. The van der Waals surface area contributed by atoms with Gasteiger partial charge in [-0.25, -0.2) is 0 Å². The van der Waals surface area contributed by atoms with Crippen LogP contribution in [0.1, 0.15) is 51.9 Å². The Labute approximate surface area is 103 Å². The van der Waals surface area contributed by atoms with E-state index >= 15 is 0 Å². The summed E-state index contributed by atoms with van der Waals surface area (Å²) in [4.78, 5) is 12.2. The normalized spacial score (nSPS) is 42.2. The fraction of sp³-hybridized carbons (Fsp3) is 0.929. The number of rotatable bonds is 3. The zero-order valence-corrected chi connectivity index (χ0v) is 10.6. The third-order valence-corrected chi connectivity index (χ3v) is 5.52. The molecular formula is C14H22O3. The second-order valence-electron chi connectivity index (χ2n) is 6.16. The maximum absolute atomic E-state index is 12.2. The summed E-state index contributed by atoms with van der Waals surface area (Å²) in [6, 6.07) is 0. The van der Waals surface area contributed by atoms with Crippen LogP contribution >= 0.6 is 0 Å². The third-order valence-electron chi connectivity index (χ3n) is 5.52. The number of ether oxygens (including phenoxy) is 1. The average Bonchev–Trinajstić information content (AvgIpc) is 2.75. The fourth-order valence-corrected chi connectivity index (χ4v) is 4.50. The molecule has 0 aromatic rings. The van der Waals surface area contributed by atoms with Gasteiger partial charge in [-0.3, -0.25) is 4.79 Å². The fourth-order valence-electron chi connectivity index (χ4n) is 4.50. The summed E-state index contributed by atoms with van der Waals surface area (Å²) in [5.41, 5.74) is -1.30. The number of hydrogen-bond donors (Lipinski definition) is 1. The molecule has 0 aromatic heterocycles. The van der Waals surface area contributed by atoms with Gasteiger partial charge >= 0.3 is 5.97 Å². The Bertz CT molecular complexity index is 334. The van der Waals surface area contributed by atoms with Gasteiger partial charge in [0.25, 0.3) is 0 Å². The van der Waals surface area contributed by atoms with Crippen LogP contribution < -0.4 is 0 Å². The second-order valence-corrected chi connectivity index (χ2v) is 6.16. The molecule has 3 aliphatic carbocycles. The Morgan fingerprint density at radius 2 is 2.18 bits per heavy atom. The lowest BCUT2D eigenvalue weighted by Gasteiger charge is -2.52. The largest absolute Gasteiger partial charge is 0.465 e. The van der Waals surface area contributed by atoms with Crippen LogP contribution in [0.5, 0.6) is 0 Å². The van der Waals surface area contributed by atoms with Crippen molar-refractivity contribution in [1.29, 1.82) is 0 Å². The van der Waals surface area contributed by atoms with E-state index in [0.717, 1.165) is 38.5 Å². The molecule has 3 fully saturated rings. The Hall–Kier alpha value is -0.570. The van der Waals surface area contributed by atoms with Gasteiger partial charge in [-0.05, 0) is 57.3 Å². The second kappa shape index (κ2) is 3.71. The lowest BCUT2D eigenvalue weighted by atomic mass is 9.54. The van der Waals surface area contributed by atoms with E-state index in [2.05, 4.69) is 0 Å². The summed E-state index contributed by atoms with van der Waals surface area (Å²) in [6.07, 6.45) is 7.00. The van der Waals surface area contributed by atoms with Gasteiger partial charge in [-0.2, -0.15) is 0 Å². The van der Waals surface area contributed by atoms with Crippen molar-refractivity contribution in [2.45, 2.75) is 57.5 Å². The monoisotopic (exact) mass is 238 g/mol.